The van der Waals surface area contributed by atoms with Crippen LogP contribution in [0.3, 0.4) is 0 Å². The van der Waals surface area contributed by atoms with E-state index in [9.17, 15) is 0 Å². The molecule has 7 nitrogen and oxygen atoms in total. The van der Waals surface area contributed by atoms with Gasteiger partial charge in [-0.2, -0.15) is 0 Å². The van der Waals surface area contributed by atoms with Crippen molar-refractivity contribution in [2.24, 2.45) is 10.9 Å². The van der Waals surface area contributed by atoms with Gasteiger partial charge < -0.3 is 24.3 Å². The van der Waals surface area contributed by atoms with E-state index in [0.29, 0.717) is 25.2 Å². The van der Waals surface area contributed by atoms with Crippen LogP contribution in [0.1, 0.15) is 24.9 Å². The molecule has 0 bridgehead atoms. The summed E-state index contributed by atoms with van der Waals surface area (Å²) in [5, 5.41) is 3.43. The van der Waals surface area contributed by atoms with Gasteiger partial charge in [0.1, 0.15) is 5.75 Å². The first-order valence-electron chi connectivity index (χ1n) is 9.85. The van der Waals surface area contributed by atoms with Gasteiger partial charge in [0.15, 0.2) is 5.96 Å². The van der Waals surface area contributed by atoms with Crippen molar-refractivity contribution in [2.75, 3.05) is 40.4 Å². The highest BCUT2D eigenvalue weighted by atomic mass is 16.5. The van der Waals surface area contributed by atoms with Crippen molar-refractivity contribution in [2.45, 2.75) is 26.0 Å². The third-order valence-corrected chi connectivity index (χ3v) is 5.27. The van der Waals surface area contributed by atoms with Crippen LogP contribution in [0.2, 0.25) is 0 Å². The van der Waals surface area contributed by atoms with E-state index in [-0.39, 0.29) is 0 Å². The standard InChI is InChI=1S/C21H31N5O2/c1-17-7-10-25(14-20(17)26-11-8-23-16-26)21(22-2)24-9-12-28-15-18-5-4-6-19(13-18)27-3/h4-6,8,11,13,16-17,20H,7,9-10,12,14-15H2,1-3H3,(H,22,24). The van der Waals surface area contributed by atoms with E-state index in [1.54, 1.807) is 7.11 Å². The summed E-state index contributed by atoms with van der Waals surface area (Å²) in [5.41, 5.74) is 1.11. The summed E-state index contributed by atoms with van der Waals surface area (Å²) in [6.07, 6.45) is 6.94. The summed E-state index contributed by atoms with van der Waals surface area (Å²) >= 11 is 0. The van der Waals surface area contributed by atoms with Gasteiger partial charge in [-0.15, -0.1) is 0 Å². The van der Waals surface area contributed by atoms with Crippen LogP contribution in [0.15, 0.2) is 48.0 Å². The summed E-state index contributed by atoms with van der Waals surface area (Å²) in [6, 6.07) is 8.37. The van der Waals surface area contributed by atoms with Gasteiger partial charge in [-0.25, -0.2) is 4.98 Å². The van der Waals surface area contributed by atoms with Gasteiger partial charge >= 0.3 is 0 Å². The van der Waals surface area contributed by atoms with Crippen molar-refractivity contribution in [3.05, 3.63) is 48.5 Å². The minimum absolute atomic E-state index is 0.416. The molecule has 0 aliphatic carbocycles. The van der Waals surface area contributed by atoms with Crippen LogP contribution in [0, 0.1) is 5.92 Å². The summed E-state index contributed by atoms with van der Waals surface area (Å²) in [6.45, 7) is 6.16. The monoisotopic (exact) mass is 385 g/mol. The van der Waals surface area contributed by atoms with Crippen LogP contribution in [0.4, 0.5) is 0 Å². The van der Waals surface area contributed by atoms with Crippen LogP contribution >= 0.6 is 0 Å². The predicted molar refractivity (Wildman–Crippen MR) is 111 cm³/mol. The topological polar surface area (TPSA) is 63.9 Å². The SMILES string of the molecule is CN=C(NCCOCc1cccc(OC)c1)N1CCC(C)C(n2ccnc2)C1. The van der Waals surface area contributed by atoms with Gasteiger partial charge in [0.2, 0.25) is 0 Å². The quantitative estimate of drug-likeness (QED) is 0.451. The lowest BCUT2D eigenvalue weighted by atomic mass is 9.93. The van der Waals surface area contributed by atoms with Gasteiger partial charge in [0.05, 0.1) is 32.7 Å². The van der Waals surface area contributed by atoms with Crippen molar-refractivity contribution in [1.29, 1.82) is 0 Å². The van der Waals surface area contributed by atoms with Crippen molar-refractivity contribution in [3.63, 3.8) is 0 Å². The summed E-state index contributed by atoms with van der Waals surface area (Å²) in [4.78, 5) is 11.0. The number of aliphatic imine (C=N–C) groups is 1. The molecule has 2 aromatic rings. The lowest BCUT2D eigenvalue weighted by molar-refractivity contribution is 0.124. The second-order valence-corrected chi connectivity index (χ2v) is 7.17. The Kier molecular flexibility index (Phi) is 7.31. The zero-order valence-corrected chi connectivity index (χ0v) is 17.0. The Hall–Kier alpha value is -2.54. The number of hydrogen-bond acceptors (Lipinski definition) is 4. The molecule has 1 aromatic carbocycles. The number of hydrogen-bond donors (Lipinski definition) is 1. The van der Waals surface area contributed by atoms with Crippen LogP contribution < -0.4 is 10.1 Å². The number of imidazole rings is 1. The lowest BCUT2D eigenvalue weighted by Crippen LogP contribution is -2.49. The third kappa shape index (κ3) is 5.25. The van der Waals surface area contributed by atoms with Crippen molar-refractivity contribution < 1.29 is 9.47 Å². The predicted octanol–water partition coefficient (Wildman–Crippen LogP) is 2.57. The molecule has 3 rings (SSSR count). The molecule has 0 saturated carbocycles. The molecule has 0 spiro atoms. The normalized spacial score (nSPS) is 20.2. The largest absolute Gasteiger partial charge is 0.497 e. The second kappa shape index (κ2) is 10.1. The third-order valence-electron chi connectivity index (χ3n) is 5.27. The molecule has 0 radical (unpaired) electrons. The highest BCUT2D eigenvalue weighted by molar-refractivity contribution is 5.80. The maximum absolute atomic E-state index is 5.79. The number of piperidine rings is 1. The fourth-order valence-corrected chi connectivity index (χ4v) is 3.61. The summed E-state index contributed by atoms with van der Waals surface area (Å²) in [7, 11) is 3.51. The zero-order chi connectivity index (χ0) is 19.8. The molecule has 1 aliphatic rings. The Morgan fingerprint density at radius 3 is 3.04 bits per heavy atom. The maximum Gasteiger partial charge on any atom is 0.193 e. The molecular weight excluding hydrogens is 354 g/mol. The Balaban J connectivity index is 1.44. The first-order chi connectivity index (χ1) is 13.7. The van der Waals surface area contributed by atoms with Crippen LogP contribution in [0.25, 0.3) is 0 Å². The molecule has 1 fully saturated rings. The van der Waals surface area contributed by atoms with E-state index in [0.717, 1.165) is 43.3 Å². The molecule has 2 unspecified atom stereocenters. The number of ether oxygens (including phenoxy) is 2. The van der Waals surface area contributed by atoms with Gasteiger partial charge in [0, 0.05) is 39.1 Å². The minimum Gasteiger partial charge on any atom is -0.497 e. The second-order valence-electron chi connectivity index (χ2n) is 7.17. The fourth-order valence-electron chi connectivity index (χ4n) is 3.61. The van der Waals surface area contributed by atoms with Gasteiger partial charge in [-0.05, 0) is 30.0 Å². The smallest absolute Gasteiger partial charge is 0.193 e. The van der Waals surface area contributed by atoms with E-state index < -0.39 is 0 Å². The Bertz CT molecular complexity index is 747. The fraction of sp³-hybridized carbons (Fsp3) is 0.524. The van der Waals surface area contributed by atoms with Gasteiger partial charge in [-0.3, -0.25) is 4.99 Å². The molecule has 1 saturated heterocycles. The maximum atomic E-state index is 5.79. The Labute approximate surface area is 167 Å². The number of guanidine groups is 1. The van der Waals surface area contributed by atoms with Gasteiger partial charge in [-0.1, -0.05) is 19.1 Å². The molecule has 0 amide bonds. The number of nitrogens with one attached hydrogen (secondary N) is 1. The van der Waals surface area contributed by atoms with E-state index >= 15 is 0 Å². The lowest BCUT2D eigenvalue weighted by Gasteiger charge is -2.39. The molecular formula is C21H31N5O2. The molecule has 7 heteroatoms. The van der Waals surface area contributed by atoms with Crippen molar-refractivity contribution in [3.8, 4) is 5.75 Å². The average molecular weight is 386 g/mol. The molecule has 2 heterocycles. The number of benzene rings is 1. The van der Waals surface area contributed by atoms with Crippen molar-refractivity contribution in [1.82, 2.24) is 19.8 Å². The first-order valence-corrected chi connectivity index (χ1v) is 9.85. The Morgan fingerprint density at radius 1 is 1.39 bits per heavy atom. The molecule has 1 N–H and O–H groups in total. The molecule has 1 aromatic heterocycles. The number of nitrogens with zero attached hydrogens (tertiary/aromatic N) is 4. The summed E-state index contributed by atoms with van der Waals surface area (Å²) < 4.78 is 13.2. The van der Waals surface area contributed by atoms with E-state index in [4.69, 9.17) is 9.47 Å². The minimum atomic E-state index is 0.416. The van der Waals surface area contributed by atoms with Gasteiger partial charge in [0.25, 0.3) is 0 Å². The van der Waals surface area contributed by atoms with E-state index in [1.165, 1.54) is 0 Å². The van der Waals surface area contributed by atoms with Crippen LogP contribution in [0.5, 0.6) is 5.75 Å². The molecule has 28 heavy (non-hydrogen) atoms. The van der Waals surface area contributed by atoms with Crippen molar-refractivity contribution >= 4 is 5.96 Å². The number of rotatable bonds is 7. The Morgan fingerprint density at radius 2 is 2.29 bits per heavy atom. The average Bonchev–Trinajstić information content (AvgIpc) is 3.26. The van der Waals surface area contributed by atoms with Crippen LogP contribution in [-0.4, -0.2) is 60.8 Å². The number of aromatic nitrogens is 2. The highest BCUT2D eigenvalue weighted by Crippen LogP contribution is 2.27. The summed E-state index contributed by atoms with van der Waals surface area (Å²) in [5.74, 6) is 2.41. The molecule has 152 valence electrons. The van der Waals surface area contributed by atoms with E-state index in [1.807, 2.05) is 50.0 Å². The molecule has 2 atom stereocenters. The zero-order valence-electron chi connectivity index (χ0n) is 17.0. The van der Waals surface area contributed by atoms with E-state index in [2.05, 4.69) is 31.7 Å². The van der Waals surface area contributed by atoms with Crippen LogP contribution in [-0.2, 0) is 11.3 Å². The highest BCUT2D eigenvalue weighted by Gasteiger charge is 2.28. The number of methoxy groups -OCH3 is 1. The number of likely N-dealkylation sites (tertiary alicyclic amines) is 1. The first kappa shape index (κ1) is 20.2. The molecule has 1 aliphatic heterocycles.